The molecular weight excluding hydrogens is 366 g/mol. The Morgan fingerprint density at radius 1 is 1.42 bits per heavy atom. The van der Waals surface area contributed by atoms with E-state index >= 15 is 0 Å². The van der Waals surface area contributed by atoms with Gasteiger partial charge in [0.2, 0.25) is 5.91 Å². The lowest BCUT2D eigenvalue weighted by molar-refractivity contribution is -0.120. The van der Waals surface area contributed by atoms with E-state index in [4.69, 9.17) is 11.6 Å². The molecule has 1 aliphatic heterocycles. The third-order valence-electron chi connectivity index (χ3n) is 3.57. The van der Waals surface area contributed by atoms with E-state index in [0.717, 1.165) is 33.8 Å². The van der Waals surface area contributed by atoms with Crippen molar-refractivity contribution in [3.05, 3.63) is 26.1 Å². The van der Waals surface area contributed by atoms with Crippen LogP contribution in [0.25, 0.3) is 0 Å². The van der Waals surface area contributed by atoms with E-state index in [1.54, 1.807) is 6.21 Å². The van der Waals surface area contributed by atoms with E-state index in [0.29, 0.717) is 5.15 Å². The topological polar surface area (TPSA) is 70.5 Å². The predicted molar refractivity (Wildman–Crippen MR) is 99.5 cm³/mol. The summed E-state index contributed by atoms with van der Waals surface area (Å²) in [6.45, 7) is 3.94. The SMILES string of the molecule is Cc1csc(CC(=O)N/N=C\c2sc(N3CCCCC3)nc2Cl)n1. The van der Waals surface area contributed by atoms with Gasteiger partial charge in [0.15, 0.2) is 10.3 Å². The molecule has 9 heteroatoms. The lowest BCUT2D eigenvalue weighted by atomic mass is 10.1. The summed E-state index contributed by atoms with van der Waals surface area (Å²) >= 11 is 9.14. The molecule has 0 spiro atoms. The highest BCUT2D eigenvalue weighted by atomic mass is 35.5. The van der Waals surface area contributed by atoms with E-state index in [1.165, 1.54) is 41.9 Å². The molecule has 0 saturated carbocycles. The van der Waals surface area contributed by atoms with Gasteiger partial charge in [-0.2, -0.15) is 5.10 Å². The highest BCUT2D eigenvalue weighted by Crippen LogP contribution is 2.30. The Morgan fingerprint density at radius 3 is 2.92 bits per heavy atom. The molecule has 0 aliphatic carbocycles. The average Bonchev–Trinajstić information content (AvgIpc) is 3.14. The largest absolute Gasteiger partial charge is 0.348 e. The fourth-order valence-electron chi connectivity index (χ4n) is 2.43. The minimum atomic E-state index is -0.197. The van der Waals surface area contributed by atoms with Crippen LogP contribution < -0.4 is 10.3 Å². The van der Waals surface area contributed by atoms with E-state index < -0.39 is 0 Å². The van der Waals surface area contributed by atoms with Crippen molar-refractivity contribution in [3.8, 4) is 0 Å². The van der Waals surface area contributed by atoms with Gasteiger partial charge < -0.3 is 4.90 Å². The third-order valence-corrected chi connectivity index (χ3v) is 5.99. The quantitative estimate of drug-likeness (QED) is 0.635. The van der Waals surface area contributed by atoms with Crippen molar-refractivity contribution in [2.24, 2.45) is 5.10 Å². The second kappa shape index (κ2) is 8.04. The zero-order valence-corrected chi connectivity index (χ0v) is 15.7. The first-order valence-electron chi connectivity index (χ1n) is 7.76. The fraction of sp³-hybridized carbons (Fsp3) is 0.467. The molecule has 1 fully saturated rings. The van der Waals surface area contributed by atoms with E-state index in [1.807, 2.05) is 12.3 Å². The molecule has 1 N–H and O–H groups in total. The van der Waals surface area contributed by atoms with Crippen LogP contribution in [-0.2, 0) is 11.2 Å². The van der Waals surface area contributed by atoms with Crippen molar-refractivity contribution >= 4 is 51.5 Å². The van der Waals surface area contributed by atoms with Crippen LogP contribution in [0.15, 0.2) is 10.5 Å². The fourth-order valence-corrected chi connectivity index (χ4v) is 4.37. The molecule has 6 nitrogen and oxygen atoms in total. The summed E-state index contributed by atoms with van der Waals surface area (Å²) in [5.74, 6) is -0.197. The summed E-state index contributed by atoms with van der Waals surface area (Å²) in [5.41, 5.74) is 3.43. The Hall–Kier alpha value is -1.51. The van der Waals surface area contributed by atoms with Crippen molar-refractivity contribution < 1.29 is 4.79 Å². The first-order valence-corrected chi connectivity index (χ1v) is 9.83. The summed E-state index contributed by atoms with van der Waals surface area (Å²) in [7, 11) is 0. The lowest BCUT2D eigenvalue weighted by Crippen LogP contribution is -2.29. The number of amides is 1. The molecule has 0 bridgehead atoms. The summed E-state index contributed by atoms with van der Waals surface area (Å²) in [5, 5.41) is 8.03. The molecule has 1 amide bonds. The Morgan fingerprint density at radius 2 is 2.21 bits per heavy atom. The number of aromatic nitrogens is 2. The van der Waals surface area contributed by atoms with Gasteiger partial charge in [-0.15, -0.1) is 11.3 Å². The number of thiazole rings is 2. The Balaban J connectivity index is 1.56. The number of hydrogen-bond acceptors (Lipinski definition) is 7. The van der Waals surface area contributed by atoms with Crippen molar-refractivity contribution in [3.63, 3.8) is 0 Å². The monoisotopic (exact) mass is 383 g/mol. The van der Waals surface area contributed by atoms with Crippen LogP contribution in [0, 0.1) is 6.92 Å². The minimum Gasteiger partial charge on any atom is -0.348 e. The minimum absolute atomic E-state index is 0.197. The van der Waals surface area contributed by atoms with Crippen LogP contribution in [0.2, 0.25) is 5.15 Å². The van der Waals surface area contributed by atoms with Crippen LogP contribution in [0.3, 0.4) is 0 Å². The molecule has 2 aromatic heterocycles. The van der Waals surface area contributed by atoms with E-state index in [2.05, 4.69) is 25.4 Å². The first-order chi connectivity index (χ1) is 11.6. The number of anilines is 1. The Bertz CT molecular complexity index is 736. The van der Waals surface area contributed by atoms with Gasteiger partial charge in [0.05, 0.1) is 17.5 Å². The van der Waals surface area contributed by atoms with Crippen molar-refractivity contribution in [1.82, 2.24) is 15.4 Å². The maximum absolute atomic E-state index is 11.8. The van der Waals surface area contributed by atoms with Gasteiger partial charge in [0.1, 0.15) is 5.01 Å². The van der Waals surface area contributed by atoms with Crippen LogP contribution in [0.4, 0.5) is 5.13 Å². The summed E-state index contributed by atoms with van der Waals surface area (Å²) in [6, 6.07) is 0. The number of carbonyl (C=O) groups excluding carboxylic acids is 1. The zero-order chi connectivity index (χ0) is 16.9. The highest BCUT2D eigenvalue weighted by Gasteiger charge is 2.16. The molecule has 1 saturated heterocycles. The molecule has 3 heterocycles. The smallest absolute Gasteiger partial charge is 0.246 e. The van der Waals surface area contributed by atoms with Gasteiger partial charge >= 0.3 is 0 Å². The number of carbonyl (C=O) groups is 1. The summed E-state index contributed by atoms with van der Waals surface area (Å²) in [4.78, 5) is 23.5. The van der Waals surface area contributed by atoms with Crippen LogP contribution >= 0.6 is 34.3 Å². The molecule has 0 radical (unpaired) electrons. The van der Waals surface area contributed by atoms with Gasteiger partial charge in [0, 0.05) is 24.2 Å². The number of aryl methyl sites for hydroxylation is 1. The molecule has 3 rings (SSSR count). The summed E-state index contributed by atoms with van der Waals surface area (Å²) < 4.78 is 0. The molecule has 0 aromatic carbocycles. The van der Waals surface area contributed by atoms with Crippen LogP contribution in [-0.4, -0.2) is 35.2 Å². The number of rotatable bonds is 5. The number of nitrogens with one attached hydrogen (secondary N) is 1. The number of hydrazone groups is 1. The molecule has 0 unspecified atom stereocenters. The molecule has 2 aromatic rings. The molecule has 1 aliphatic rings. The molecular formula is C15H18ClN5OS2. The zero-order valence-electron chi connectivity index (χ0n) is 13.3. The Labute approximate surface area is 153 Å². The van der Waals surface area contributed by atoms with Crippen LogP contribution in [0.5, 0.6) is 0 Å². The maximum atomic E-state index is 11.8. The Kier molecular flexibility index (Phi) is 5.80. The van der Waals surface area contributed by atoms with Gasteiger partial charge in [-0.25, -0.2) is 15.4 Å². The number of nitrogens with zero attached hydrogens (tertiary/aromatic N) is 4. The number of piperidine rings is 1. The van der Waals surface area contributed by atoms with Gasteiger partial charge in [0.25, 0.3) is 0 Å². The third kappa shape index (κ3) is 4.52. The average molecular weight is 384 g/mol. The number of hydrogen-bond donors (Lipinski definition) is 1. The van der Waals surface area contributed by atoms with Gasteiger partial charge in [-0.3, -0.25) is 4.79 Å². The van der Waals surface area contributed by atoms with Crippen molar-refractivity contribution in [2.45, 2.75) is 32.6 Å². The van der Waals surface area contributed by atoms with Crippen LogP contribution in [0.1, 0.15) is 34.8 Å². The second-order valence-corrected chi connectivity index (χ2v) is 7.86. The van der Waals surface area contributed by atoms with Crippen molar-refractivity contribution in [2.75, 3.05) is 18.0 Å². The second-order valence-electron chi connectivity index (χ2n) is 5.55. The normalized spacial score (nSPS) is 15.2. The number of halogens is 1. The predicted octanol–water partition coefficient (Wildman–Crippen LogP) is 3.24. The maximum Gasteiger partial charge on any atom is 0.246 e. The molecule has 24 heavy (non-hydrogen) atoms. The standard InChI is InChI=1S/C15H18ClN5OS2/c1-10-9-23-13(18-10)7-12(22)20-17-8-11-14(16)19-15(24-11)21-5-3-2-4-6-21/h8-9H,2-7H2,1H3,(H,20,22)/b17-8-. The van der Waals surface area contributed by atoms with Gasteiger partial charge in [-0.05, 0) is 26.2 Å². The van der Waals surface area contributed by atoms with E-state index in [-0.39, 0.29) is 12.3 Å². The molecule has 0 atom stereocenters. The van der Waals surface area contributed by atoms with Crippen molar-refractivity contribution in [1.29, 1.82) is 0 Å². The van der Waals surface area contributed by atoms with E-state index in [9.17, 15) is 4.79 Å². The highest BCUT2D eigenvalue weighted by molar-refractivity contribution is 7.17. The lowest BCUT2D eigenvalue weighted by Gasteiger charge is -2.25. The molecule has 128 valence electrons. The first kappa shape index (κ1) is 17.3. The summed E-state index contributed by atoms with van der Waals surface area (Å²) in [6.07, 6.45) is 5.43. The van der Waals surface area contributed by atoms with Gasteiger partial charge in [-0.1, -0.05) is 22.9 Å².